The first-order chi connectivity index (χ1) is 11.6. The lowest BCUT2D eigenvalue weighted by atomic mass is 9.90. The Morgan fingerprint density at radius 2 is 2.24 bits per heavy atom. The van der Waals surface area contributed by atoms with E-state index in [2.05, 4.69) is 15.7 Å². The molecule has 0 bridgehead atoms. The Bertz CT molecular complexity index is 732. The van der Waals surface area contributed by atoms with Crippen LogP contribution in [0.5, 0.6) is 5.75 Å². The molecule has 25 heavy (non-hydrogen) atoms. The molecule has 0 aliphatic carbocycles. The molecule has 3 rings (SSSR count). The molecule has 1 aliphatic heterocycles. The van der Waals surface area contributed by atoms with E-state index >= 15 is 0 Å². The van der Waals surface area contributed by atoms with Crippen molar-refractivity contribution in [2.75, 3.05) is 20.2 Å². The number of amides is 1. The highest BCUT2D eigenvalue weighted by molar-refractivity contribution is 5.85. The van der Waals surface area contributed by atoms with Gasteiger partial charge in [0.25, 0.3) is 0 Å². The summed E-state index contributed by atoms with van der Waals surface area (Å²) >= 11 is 0. The average Bonchev–Trinajstić information content (AvgIpc) is 3.21. The van der Waals surface area contributed by atoms with Crippen LogP contribution in [0.4, 0.5) is 0 Å². The Morgan fingerprint density at radius 3 is 2.92 bits per heavy atom. The van der Waals surface area contributed by atoms with Crippen molar-refractivity contribution in [3.63, 3.8) is 0 Å². The Balaban J connectivity index is 0.00000225. The van der Waals surface area contributed by atoms with Crippen molar-refractivity contribution in [3.8, 4) is 5.75 Å². The summed E-state index contributed by atoms with van der Waals surface area (Å²) in [5.74, 6) is 0.962. The predicted octanol–water partition coefficient (Wildman–Crippen LogP) is 1.78. The summed E-state index contributed by atoms with van der Waals surface area (Å²) in [5.41, 5.74) is 3.23. The molecule has 1 fully saturated rings. The number of hydrogen-bond acceptors (Lipinski definition) is 4. The summed E-state index contributed by atoms with van der Waals surface area (Å²) in [5, 5.41) is 10.6. The molecule has 2 heterocycles. The van der Waals surface area contributed by atoms with Crippen molar-refractivity contribution in [1.82, 2.24) is 20.4 Å². The van der Waals surface area contributed by atoms with Crippen LogP contribution in [-0.2, 0) is 18.4 Å². The van der Waals surface area contributed by atoms with E-state index < -0.39 is 0 Å². The number of benzene rings is 1. The second-order valence-corrected chi connectivity index (χ2v) is 6.35. The van der Waals surface area contributed by atoms with Gasteiger partial charge in [-0.05, 0) is 24.1 Å². The third kappa shape index (κ3) is 4.32. The van der Waals surface area contributed by atoms with Crippen LogP contribution in [0.2, 0.25) is 0 Å². The van der Waals surface area contributed by atoms with E-state index in [1.54, 1.807) is 11.8 Å². The van der Waals surface area contributed by atoms with Crippen molar-refractivity contribution in [2.24, 2.45) is 13.0 Å². The highest BCUT2D eigenvalue weighted by Gasteiger charge is 2.34. The number of aryl methyl sites for hydroxylation is 2. The fourth-order valence-electron chi connectivity index (χ4n) is 3.25. The number of nitrogens with one attached hydrogen (secondary N) is 2. The predicted molar refractivity (Wildman–Crippen MR) is 99.1 cm³/mol. The van der Waals surface area contributed by atoms with Crippen molar-refractivity contribution >= 4 is 18.3 Å². The van der Waals surface area contributed by atoms with Gasteiger partial charge in [-0.3, -0.25) is 9.48 Å². The van der Waals surface area contributed by atoms with Gasteiger partial charge >= 0.3 is 0 Å². The van der Waals surface area contributed by atoms with Crippen LogP contribution in [0.25, 0.3) is 0 Å². The van der Waals surface area contributed by atoms with Crippen LogP contribution < -0.4 is 15.4 Å². The number of carbonyl (C=O) groups excluding carboxylic acids is 1. The molecule has 136 valence electrons. The molecule has 1 aliphatic rings. The minimum absolute atomic E-state index is 0. The van der Waals surface area contributed by atoms with Crippen LogP contribution >= 0.6 is 12.4 Å². The molecule has 2 N–H and O–H groups in total. The van der Waals surface area contributed by atoms with Crippen molar-refractivity contribution < 1.29 is 9.53 Å². The molecular weight excluding hydrogens is 340 g/mol. The van der Waals surface area contributed by atoms with E-state index in [0.29, 0.717) is 13.1 Å². The van der Waals surface area contributed by atoms with E-state index in [-0.39, 0.29) is 30.2 Å². The molecule has 1 aromatic carbocycles. The summed E-state index contributed by atoms with van der Waals surface area (Å²) in [6.07, 6.45) is 3.84. The van der Waals surface area contributed by atoms with E-state index in [9.17, 15) is 4.79 Å². The molecule has 7 heteroatoms. The summed E-state index contributed by atoms with van der Waals surface area (Å²) < 4.78 is 7.18. The number of hydrogen-bond donors (Lipinski definition) is 2. The molecule has 1 amide bonds. The molecule has 0 unspecified atom stereocenters. The Kier molecular flexibility index (Phi) is 6.45. The maximum atomic E-state index is 12.7. The third-order valence-electron chi connectivity index (χ3n) is 4.60. The SMILES string of the molecule is COc1cc(C)ccc1CNC(=O)[C@H]1CNC[C@@H]1c1cnn(C)c1.Cl. The number of halogens is 1. The Labute approximate surface area is 154 Å². The van der Waals surface area contributed by atoms with Crippen LogP contribution in [-0.4, -0.2) is 35.9 Å². The third-order valence-corrected chi connectivity index (χ3v) is 4.60. The number of aromatic nitrogens is 2. The van der Waals surface area contributed by atoms with Gasteiger partial charge in [-0.2, -0.15) is 5.10 Å². The number of rotatable bonds is 5. The molecule has 2 aromatic rings. The molecule has 2 atom stereocenters. The van der Waals surface area contributed by atoms with Gasteiger partial charge in [0.15, 0.2) is 0 Å². The molecule has 1 saturated heterocycles. The summed E-state index contributed by atoms with van der Waals surface area (Å²) in [7, 11) is 3.55. The Morgan fingerprint density at radius 1 is 1.44 bits per heavy atom. The summed E-state index contributed by atoms with van der Waals surface area (Å²) in [4.78, 5) is 12.7. The van der Waals surface area contributed by atoms with Crippen molar-refractivity contribution in [3.05, 3.63) is 47.3 Å². The molecule has 6 nitrogen and oxygen atoms in total. The fourth-order valence-corrected chi connectivity index (χ4v) is 3.25. The van der Waals surface area contributed by atoms with Gasteiger partial charge in [0.2, 0.25) is 5.91 Å². The Hall–Kier alpha value is -2.05. The first kappa shape index (κ1) is 19.3. The maximum absolute atomic E-state index is 12.7. The minimum Gasteiger partial charge on any atom is -0.496 e. The minimum atomic E-state index is -0.0781. The standard InChI is InChI=1S/C18H24N4O2.ClH/c1-12-4-5-13(17(6-12)24-3)7-20-18(23)16-10-19-9-15(16)14-8-21-22(2)11-14;/h4-6,8,11,15-16,19H,7,9-10H2,1-3H3,(H,20,23);1H/t15-,16+;/m1./s1. The van der Waals surface area contributed by atoms with Gasteiger partial charge in [0.1, 0.15) is 5.75 Å². The fraction of sp³-hybridized carbons (Fsp3) is 0.444. The van der Waals surface area contributed by atoms with E-state index in [1.807, 2.05) is 44.6 Å². The van der Waals surface area contributed by atoms with Gasteiger partial charge in [0, 0.05) is 44.4 Å². The largest absolute Gasteiger partial charge is 0.496 e. The smallest absolute Gasteiger partial charge is 0.225 e. The van der Waals surface area contributed by atoms with Gasteiger partial charge in [-0.25, -0.2) is 0 Å². The number of nitrogens with zero attached hydrogens (tertiary/aromatic N) is 2. The molecule has 0 saturated carbocycles. The molecule has 0 radical (unpaired) electrons. The first-order valence-corrected chi connectivity index (χ1v) is 8.19. The highest BCUT2D eigenvalue weighted by atomic mass is 35.5. The van der Waals surface area contributed by atoms with E-state index in [4.69, 9.17) is 4.74 Å². The van der Waals surface area contributed by atoms with Crippen LogP contribution in [0.1, 0.15) is 22.6 Å². The van der Waals surface area contributed by atoms with Gasteiger partial charge < -0.3 is 15.4 Å². The maximum Gasteiger partial charge on any atom is 0.225 e. The van der Waals surface area contributed by atoms with Gasteiger partial charge in [0.05, 0.1) is 19.2 Å². The van der Waals surface area contributed by atoms with Gasteiger partial charge in [-0.1, -0.05) is 12.1 Å². The normalized spacial score (nSPS) is 19.3. The molecule has 0 spiro atoms. The second kappa shape index (κ2) is 8.36. The van der Waals surface area contributed by atoms with Crippen LogP contribution in [0.15, 0.2) is 30.6 Å². The van der Waals surface area contributed by atoms with Crippen LogP contribution in [0.3, 0.4) is 0 Å². The number of methoxy groups -OCH3 is 1. The molecular formula is C18H25ClN4O2. The summed E-state index contributed by atoms with van der Waals surface area (Å²) in [6.45, 7) is 3.99. The zero-order valence-corrected chi connectivity index (χ0v) is 15.6. The highest BCUT2D eigenvalue weighted by Crippen LogP contribution is 2.28. The number of carbonyl (C=O) groups is 1. The van der Waals surface area contributed by atoms with Crippen LogP contribution in [0, 0.1) is 12.8 Å². The zero-order valence-electron chi connectivity index (χ0n) is 14.8. The second-order valence-electron chi connectivity index (χ2n) is 6.35. The quantitative estimate of drug-likeness (QED) is 0.848. The topological polar surface area (TPSA) is 68.2 Å². The lowest BCUT2D eigenvalue weighted by molar-refractivity contribution is -0.125. The lowest BCUT2D eigenvalue weighted by Crippen LogP contribution is -2.34. The monoisotopic (exact) mass is 364 g/mol. The van der Waals surface area contributed by atoms with Crippen molar-refractivity contribution in [1.29, 1.82) is 0 Å². The van der Waals surface area contributed by atoms with E-state index in [1.165, 1.54) is 0 Å². The molecule has 1 aromatic heterocycles. The van der Waals surface area contributed by atoms with Crippen molar-refractivity contribution in [2.45, 2.75) is 19.4 Å². The average molecular weight is 365 g/mol. The van der Waals surface area contributed by atoms with E-state index in [0.717, 1.165) is 29.0 Å². The zero-order chi connectivity index (χ0) is 17.1. The number of ether oxygens (including phenoxy) is 1. The summed E-state index contributed by atoms with van der Waals surface area (Å²) in [6, 6.07) is 6.01. The van der Waals surface area contributed by atoms with Gasteiger partial charge in [-0.15, -0.1) is 12.4 Å². The lowest BCUT2D eigenvalue weighted by Gasteiger charge is -2.18. The first-order valence-electron chi connectivity index (χ1n) is 8.19.